The minimum Gasteiger partial charge on any atom is -0.375 e. The summed E-state index contributed by atoms with van der Waals surface area (Å²) < 4.78 is 0. The molecular formula is C16H24ClN5S. The first-order valence-corrected chi connectivity index (χ1v) is 8.50. The van der Waals surface area contributed by atoms with Crippen molar-refractivity contribution in [1.82, 2.24) is 19.8 Å². The number of aromatic nitrogens is 2. The zero-order valence-electron chi connectivity index (χ0n) is 13.4. The number of pyridine rings is 1. The zero-order valence-corrected chi connectivity index (χ0v) is 15.0. The zero-order chi connectivity index (χ0) is 15.4. The smallest absolute Gasteiger partial charge is 0.180 e. The maximum atomic E-state index is 5.70. The molecule has 1 aliphatic rings. The van der Waals surface area contributed by atoms with E-state index in [1.54, 1.807) is 11.3 Å². The Kier molecular flexibility index (Phi) is 6.77. The van der Waals surface area contributed by atoms with E-state index in [1.165, 1.54) is 23.4 Å². The fourth-order valence-electron chi connectivity index (χ4n) is 3.13. The Labute approximate surface area is 147 Å². The van der Waals surface area contributed by atoms with Crippen LogP contribution in [0, 0.1) is 5.92 Å². The molecule has 0 bridgehead atoms. The van der Waals surface area contributed by atoms with Crippen LogP contribution in [-0.4, -0.2) is 46.4 Å². The highest BCUT2D eigenvalue weighted by Crippen LogP contribution is 2.23. The molecule has 1 unspecified atom stereocenters. The highest BCUT2D eigenvalue weighted by Gasteiger charge is 2.24. The second-order valence-electron chi connectivity index (χ2n) is 6.11. The van der Waals surface area contributed by atoms with Crippen LogP contribution in [0.2, 0.25) is 0 Å². The van der Waals surface area contributed by atoms with Crippen LogP contribution in [0.15, 0.2) is 30.7 Å². The lowest BCUT2D eigenvalue weighted by atomic mass is 10.1. The van der Waals surface area contributed by atoms with Crippen LogP contribution in [0.5, 0.6) is 0 Å². The van der Waals surface area contributed by atoms with Crippen molar-refractivity contribution in [3.63, 3.8) is 0 Å². The number of thiazole rings is 1. The summed E-state index contributed by atoms with van der Waals surface area (Å²) in [4.78, 5) is 14.5. The molecule has 3 heterocycles. The van der Waals surface area contributed by atoms with E-state index in [4.69, 9.17) is 5.73 Å². The van der Waals surface area contributed by atoms with Crippen molar-refractivity contribution in [3.8, 4) is 0 Å². The fraction of sp³-hybridized carbons (Fsp3) is 0.500. The van der Waals surface area contributed by atoms with Gasteiger partial charge in [0.05, 0.1) is 0 Å². The van der Waals surface area contributed by atoms with Crippen LogP contribution >= 0.6 is 23.7 Å². The molecule has 3 rings (SSSR count). The molecule has 0 aliphatic carbocycles. The maximum absolute atomic E-state index is 5.70. The Morgan fingerprint density at radius 1 is 1.43 bits per heavy atom. The summed E-state index contributed by atoms with van der Waals surface area (Å²) in [5.74, 6) is 0.743. The summed E-state index contributed by atoms with van der Waals surface area (Å²) in [6.07, 6.45) is 6.95. The second kappa shape index (κ2) is 8.59. The highest BCUT2D eigenvalue weighted by molar-refractivity contribution is 7.15. The molecule has 23 heavy (non-hydrogen) atoms. The molecule has 2 N–H and O–H groups in total. The number of nitrogens with two attached hydrogens (primary N) is 1. The molecule has 0 saturated carbocycles. The molecule has 7 heteroatoms. The van der Waals surface area contributed by atoms with E-state index in [0.717, 1.165) is 32.1 Å². The maximum Gasteiger partial charge on any atom is 0.180 e. The first-order valence-electron chi connectivity index (χ1n) is 7.69. The first-order chi connectivity index (χ1) is 10.7. The molecule has 0 amide bonds. The fourth-order valence-corrected chi connectivity index (χ4v) is 3.86. The van der Waals surface area contributed by atoms with Gasteiger partial charge in [-0.3, -0.25) is 9.88 Å². The third-order valence-electron chi connectivity index (χ3n) is 4.07. The van der Waals surface area contributed by atoms with Gasteiger partial charge in [0.25, 0.3) is 0 Å². The van der Waals surface area contributed by atoms with Gasteiger partial charge in [0, 0.05) is 49.6 Å². The van der Waals surface area contributed by atoms with Crippen LogP contribution < -0.4 is 5.73 Å². The lowest BCUT2D eigenvalue weighted by molar-refractivity contribution is 0.255. The number of rotatable bonds is 6. The Balaban J connectivity index is 0.00000192. The van der Waals surface area contributed by atoms with E-state index < -0.39 is 0 Å². The quantitative estimate of drug-likeness (QED) is 0.864. The largest absolute Gasteiger partial charge is 0.375 e. The third-order valence-corrected chi connectivity index (χ3v) is 4.88. The number of likely N-dealkylation sites (tertiary alicyclic amines) is 1. The monoisotopic (exact) mass is 353 g/mol. The van der Waals surface area contributed by atoms with Gasteiger partial charge in [-0.1, -0.05) is 6.07 Å². The van der Waals surface area contributed by atoms with Gasteiger partial charge in [-0.15, -0.1) is 23.7 Å². The molecule has 1 aliphatic heterocycles. The minimum atomic E-state index is 0. The van der Waals surface area contributed by atoms with Crippen molar-refractivity contribution in [2.24, 2.45) is 5.92 Å². The molecule has 1 saturated heterocycles. The van der Waals surface area contributed by atoms with E-state index in [-0.39, 0.29) is 12.4 Å². The second-order valence-corrected chi connectivity index (χ2v) is 7.26. The van der Waals surface area contributed by atoms with Gasteiger partial charge < -0.3 is 10.6 Å². The van der Waals surface area contributed by atoms with Gasteiger partial charge in [0.2, 0.25) is 0 Å². The Morgan fingerprint density at radius 2 is 2.30 bits per heavy atom. The summed E-state index contributed by atoms with van der Waals surface area (Å²) in [6.45, 7) is 5.42. The van der Waals surface area contributed by atoms with E-state index >= 15 is 0 Å². The summed E-state index contributed by atoms with van der Waals surface area (Å²) in [7, 11) is 2.19. The lowest BCUT2D eigenvalue weighted by Crippen LogP contribution is -2.27. The van der Waals surface area contributed by atoms with Crippen molar-refractivity contribution in [1.29, 1.82) is 0 Å². The molecule has 126 valence electrons. The van der Waals surface area contributed by atoms with Crippen LogP contribution in [0.4, 0.5) is 5.13 Å². The number of nitrogen functional groups attached to an aromatic ring is 1. The van der Waals surface area contributed by atoms with Crippen molar-refractivity contribution in [2.45, 2.75) is 19.5 Å². The molecule has 1 fully saturated rings. The van der Waals surface area contributed by atoms with E-state index in [1.807, 2.05) is 24.7 Å². The predicted octanol–water partition coefficient (Wildman–Crippen LogP) is 2.50. The number of halogens is 1. The van der Waals surface area contributed by atoms with Crippen molar-refractivity contribution >= 4 is 28.9 Å². The molecular weight excluding hydrogens is 330 g/mol. The Hall–Kier alpha value is -1.21. The lowest BCUT2D eigenvalue weighted by Gasteiger charge is -2.21. The van der Waals surface area contributed by atoms with Gasteiger partial charge in [-0.05, 0) is 37.6 Å². The topological polar surface area (TPSA) is 58.3 Å². The Morgan fingerprint density at radius 3 is 3.00 bits per heavy atom. The van der Waals surface area contributed by atoms with Gasteiger partial charge in [0.15, 0.2) is 5.13 Å². The van der Waals surface area contributed by atoms with E-state index in [9.17, 15) is 0 Å². The third kappa shape index (κ3) is 5.42. The standard InChI is InChI=1S/C16H23N5S.ClH/c1-20(9-13-3-2-5-18-7-13)10-14-4-6-21(11-14)12-15-8-19-16(17)22-15;/h2-3,5,7-8,14H,4,6,9-12H2,1H3,(H2,17,19);1H. The molecule has 0 radical (unpaired) electrons. The van der Waals surface area contributed by atoms with Crippen LogP contribution in [0.25, 0.3) is 0 Å². The van der Waals surface area contributed by atoms with Gasteiger partial charge in [0.1, 0.15) is 0 Å². The van der Waals surface area contributed by atoms with Gasteiger partial charge in [-0.25, -0.2) is 4.98 Å². The molecule has 2 aromatic heterocycles. The number of hydrogen-bond donors (Lipinski definition) is 1. The molecule has 0 spiro atoms. The van der Waals surface area contributed by atoms with E-state index in [2.05, 4.69) is 32.9 Å². The van der Waals surface area contributed by atoms with Crippen LogP contribution in [-0.2, 0) is 13.1 Å². The van der Waals surface area contributed by atoms with Gasteiger partial charge in [-0.2, -0.15) is 0 Å². The molecule has 5 nitrogen and oxygen atoms in total. The predicted molar refractivity (Wildman–Crippen MR) is 97.7 cm³/mol. The highest BCUT2D eigenvalue weighted by atomic mass is 35.5. The summed E-state index contributed by atoms with van der Waals surface area (Å²) in [5, 5.41) is 0.668. The summed E-state index contributed by atoms with van der Waals surface area (Å²) in [6, 6.07) is 4.14. The summed E-state index contributed by atoms with van der Waals surface area (Å²) in [5.41, 5.74) is 6.97. The SMILES string of the molecule is CN(Cc1cccnc1)CC1CCN(Cc2cnc(N)s2)C1.Cl. The van der Waals surface area contributed by atoms with Crippen LogP contribution in [0.3, 0.4) is 0 Å². The minimum absolute atomic E-state index is 0. The van der Waals surface area contributed by atoms with Crippen molar-refractivity contribution in [3.05, 3.63) is 41.2 Å². The molecule has 2 aromatic rings. The van der Waals surface area contributed by atoms with Crippen molar-refractivity contribution in [2.75, 3.05) is 32.4 Å². The number of nitrogens with zero attached hydrogens (tertiary/aromatic N) is 4. The van der Waals surface area contributed by atoms with Crippen molar-refractivity contribution < 1.29 is 0 Å². The Bertz CT molecular complexity index is 591. The van der Waals surface area contributed by atoms with Crippen LogP contribution in [0.1, 0.15) is 16.9 Å². The average Bonchev–Trinajstić information content (AvgIpc) is 3.09. The van der Waals surface area contributed by atoms with E-state index in [0.29, 0.717) is 5.13 Å². The number of hydrogen-bond acceptors (Lipinski definition) is 6. The summed E-state index contributed by atoms with van der Waals surface area (Å²) >= 11 is 1.60. The number of anilines is 1. The molecule has 1 atom stereocenters. The molecule has 0 aromatic carbocycles. The first kappa shape index (κ1) is 18.1. The average molecular weight is 354 g/mol. The normalized spacial score (nSPS) is 18.3. The van der Waals surface area contributed by atoms with Gasteiger partial charge >= 0.3 is 0 Å².